The zero-order valence-corrected chi connectivity index (χ0v) is 27.5. The van der Waals surface area contributed by atoms with Gasteiger partial charge >= 0.3 is 0 Å². The number of thiazole rings is 1. The highest BCUT2D eigenvalue weighted by Crippen LogP contribution is 2.44. The van der Waals surface area contributed by atoms with Gasteiger partial charge in [0.15, 0.2) is 12.3 Å². The Hall–Kier alpha value is -4.07. The number of rotatable bonds is 11. The fraction of sp³-hybridized carbons (Fsp3) is 0.206. The van der Waals surface area contributed by atoms with Crippen molar-refractivity contribution in [1.29, 1.82) is 0 Å². The van der Waals surface area contributed by atoms with E-state index in [-0.39, 0.29) is 24.3 Å². The van der Waals surface area contributed by atoms with Gasteiger partial charge in [0.2, 0.25) is 11.4 Å². The largest absolute Gasteiger partial charge is 0.438 e. The van der Waals surface area contributed by atoms with Crippen molar-refractivity contribution in [3.05, 3.63) is 107 Å². The fourth-order valence-electron chi connectivity index (χ4n) is 5.64. The van der Waals surface area contributed by atoms with Crippen molar-refractivity contribution in [1.82, 2.24) is 0 Å². The predicted molar refractivity (Wildman–Crippen MR) is 184 cm³/mol. The van der Waals surface area contributed by atoms with E-state index < -0.39 is 20.2 Å². The molecule has 1 aromatic heterocycles. The molecule has 2 heterocycles. The van der Waals surface area contributed by atoms with Crippen LogP contribution in [0.1, 0.15) is 24.8 Å². The highest BCUT2D eigenvalue weighted by Gasteiger charge is 2.28. The van der Waals surface area contributed by atoms with E-state index >= 15 is 0 Å². The Morgan fingerprint density at radius 1 is 0.870 bits per heavy atom. The highest BCUT2D eigenvalue weighted by atomic mass is 32.2. The lowest BCUT2D eigenvalue weighted by Crippen LogP contribution is -2.36. The molecule has 0 saturated carbocycles. The number of allylic oxidation sites excluding steroid dienone is 4. The third-order valence-corrected chi connectivity index (χ3v) is 10.6. The first-order valence-corrected chi connectivity index (χ1v) is 18.8. The zero-order chi connectivity index (χ0) is 32.5. The van der Waals surface area contributed by atoms with Gasteiger partial charge < -0.3 is 9.64 Å². The van der Waals surface area contributed by atoms with Crippen LogP contribution in [0.15, 0.2) is 102 Å². The molecule has 2 N–H and O–H groups in total. The smallest absolute Gasteiger partial charge is 0.265 e. The van der Waals surface area contributed by atoms with Gasteiger partial charge in [-0.1, -0.05) is 83.7 Å². The number of aromatic nitrogens is 1. The molecule has 0 bridgehead atoms. The monoisotopic (exact) mass is 677 g/mol. The maximum Gasteiger partial charge on any atom is 0.265 e. The molecule has 0 atom stereocenters. The lowest BCUT2D eigenvalue weighted by atomic mass is 10.1. The Kier molecular flexibility index (Phi) is 8.99. The summed E-state index contributed by atoms with van der Waals surface area (Å²) in [7, 11) is -8.17. The summed E-state index contributed by atoms with van der Waals surface area (Å²) in [5.41, 5.74) is 2.74. The van der Waals surface area contributed by atoms with Crippen LogP contribution in [0.3, 0.4) is 0 Å². The minimum absolute atomic E-state index is 0.215. The second-order valence-electron chi connectivity index (χ2n) is 11.1. The minimum atomic E-state index is -4.10. The molecule has 0 spiro atoms. The molecule has 0 saturated heterocycles. The molecule has 5 aromatic rings. The molecule has 238 valence electrons. The fourth-order valence-corrected chi connectivity index (χ4v) is 7.85. The van der Waals surface area contributed by atoms with Crippen LogP contribution in [0.2, 0.25) is 0 Å². The lowest BCUT2D eigenvalue weighted by molar-refractivity contribution is -0.668. The van der Waals surface area contributed by atoms with E-state index in [9.17, 15) is 25.9 Å². The number of aryl methyl sites for hydroxylation is 1. The first kappa shape index (κ1) is 31.9. The Morgan fingerprint density at radius 3 is 2.26 bits per heavy atom. The van der Waals surface area contributed by atoms with Crippen LogP contribution >= 0.6 is 11.3 Å². The molecule has 0 radical (unpaired) electrons. The van der Waals surface area contributed by atoms with Gasteiger partial charge in [0, 0.05) is 35.9 Å². The van der Waals surface area contributed by atoms with Crippen LogP contribution in [-0.4, -0.2) is 44.0 Å². The maximum absolute atomic E-state index is 11.4. The molecular formula is C34H33N2O7S3+. The van der Waals surface area contributed by atoms with E-state index in [1.54, 1.807) is 11.3 Å². The van der Waals surface area contributed by atoms with Crippen LogP contribution in [-0.2, 0) is 26.8 Å². The standard InChI is InChI=1S/C34H32N2O7S3/c1-24(12-18-31-35(20-6-22-45(37,38)39)29-16-14-25-8-2-4-10-27(25)33(29)43-31)13-19-32-36(21-7-23-46(40,41)42)30-17-15-26-9-3-5-11-28(26)34(30)44-32/h2-5,8-19H,6-7,20-23H2,1H3,(H-,37,38,39,40,41,42)/p+1. The average Bonchev–Trinajstić information content (AvgIpc) is 3.56. The van der Waals surface area contributed by atoms with Crippen LogP contribution in [0, 0.1) is 0 Å². The van der Waals surface area contributed by atoms with Gasteiger partial charge in [-0.3, -0.25) is 9.11 Å². The van der Waals surface area contributed by atoms with Crippen molar-refractivity contribution in [3.63, 3.8) is 0 Å². The number of ether oxygens (including phenoxy) is 1. The number of hydrogen-bond donors (Lipinski definition) is 2. The van der Waals surface area contributed by atoms with Crippen LogP contribution < -0.4 is 14.2 Å². The predicted octanol–water partition coefficient (Wildman–Crippen LogP) is 6.75. The van der Waals surface area contributed by atoms with Gasteiger partial charge in [0.05, 0.1) is 17.2 Å². The van der Waals surface area contributed by atoms with Gasteiger partial charge in [-0.2, -0.15) is 21.4 Å². The maximum atomic E-state index is 11.4. The first-order valence-electron chi connectivity index (χ1n) is 14.7. The minimum Gasteiger partial charge on any atom is -0.438 e. The molecule has 46 heavy (non-hydrogen) atoms. The normalized spacial score (nSPS) is 15.1. The second-order valence-corrected chi connectivity index (χ2v) is 15.3. The summed E-state index contributed by atoms with van der Waals surface area (Å²) in [6, 6.07) is 24.1. The summed E-state index contributed by atoms with van der Waals surface area (Å²) >= 11 is 1.62. The molecule has 12 heteroatoms. The summed E-state index contributed by atoms with van der Waals surface area (Å²) in [5, 5.41) is 5.14. The van der Waals surface area contributed by atoms with Crippen molar-refractivity contribution in [3.8, 4) is 5.75 Å². The summed E-state index contributed by atoms with van der Waals surface area (Å²) < 4.78 is 73.7. The number of benzene rings is 4. The molecule has 4 aromatic carbocycles. The van der Waals surface area contributed by atoms with Crippen molar-refractivity contribution < 1.29 is 35.2 Å². The van der Waals surface area contributed by atoms with Gasteiger partial charge in [-0.25, -0.2) is 0 Å². The van der Waals surface area contributed by atoms with E-state index in [1.807, 2.05) is 90.7 Å². The van der Waals surface area contributed by atoms with E-state index in [2.05, 4.69) is 22.8 Å². The molecular weight excluding hydrogens is 645 g/mol. The first-order chi connectivity index (χ1) is 22.0. The Morgan fingerprint density at radius 2 is 1.52 bits per heavy atom. The van der Waals surface area contributed by atoms with Crippen LogP contribution in [0.25, 0.3) is 37.8 Å². The molecule has 6 rings (SSSR count). The summed E-state index contributed by atoms with van der Waals surface area (Å²) in [4.78, 5) is 1.92. The Bertz CT molecular complexity index is 2270. The molecule has 0 amide bonds. The third kappa shape index (κ3) is 7.16. The Balaban J connectivity index is 1.31. The molecule has 9 nitrogen and oxygen atoms in total. The number of anilines is 1. The summed E-state index contributed by atoms with van der Waals surface area (Å²) in [6.45, 7) is 2.71. The van der Waals surface area contributed by atoms with E-state index in [1.165, 1.54) is 0 Å². The molecule has 0 fully saturated rings. The second kappa shape index (κ2) is 13.0. The number of fused-ring (bicyclic) bond motifs is 6. The summed E-state index contributed by atoms with van der Waals surface area (Å²) in [6.07, 6.45) is 8.22. The van der Waals surface area contributed by atoms with E-state index in [4.69, 9.17) is 4.74 Å². The number of hydrogen-bond acceptors (Lipinski definition) is 7. The van der Waals surface area contributed by atoms with Crippen LogP contribution in [0.5, 0.6) is 5.75 Å². The van der Waals surface area contributed by atoms with E-state index in [0.717, 1.165) is 48.0 Å². The quantitative estimate of drug-likeness (QED) is 0.0894. The molecule has 1 aliphatic rings. The Labute approximate surface area is 271 Å². The molecule has 0 unspecified atom stereocenters. The van der Waals surface area contributed by atoms with Crippen LogP contribution in [0.4, 0.5) is 5.69 Å². The third-order valence-electron chi connectivity index (χ3n) is 7.79. The topological polar surface area (TPSA) is 125 Å². The van der Waals surface area contributed by atoms with Crippen molar-refractivity contribution in [2.24, 2.45) is 0 Å². The number of nitrogens with zero attached hydrogens (tertiary/aromatic N) is 2. The van der Waals surface area contributed by atoms with Crippen molar-refractivity contribution in [2.45, 2.75) is 26.3 Å². The van der Waals surface area contributed by atoms with Gasteiger partial charge in [0.1, 0.15) is 4.70 Å². The molecule has 0 aliphatic carbocycles. The van der Waals surface area contributed by atoms with Gasteiger partial charge in [-0.15, -0.1) is 0 Å². The van der Waals surface area contributed by atoms with E-state index in [0.29, 0.717) is 24.7 Å². The average molecular weight is 678 g/mol. The van der Waals surface area contributed by atoms with Gasteiger partial charge in [-0.05, 0) is 42.3 Å². The van der Waals surface area contributed by atoms with Crippen molar-refractivity contribution in [2.75, 3.05) is 23.0 Å². The van der Waals surface area contributed by atoms with Crippen molar-refractivity contribution >= 4 is 75.1 Å². The van der Waals surface area contributed by atoms with Gasteiger partial charge in [0.25, 0.3) is 25.2 Å². The molecule has 1 aliphatic heterocycles. The highest BCUT2D eigenvalue weighted by molar-refractivity contribution is 7.86. The summed E-state index contributed by atoms with van der Waals surface area (Å²) in [5.74, 6) is 0.564. The lowest BCUT2D eigenvalue weighted by Gasteiger charge is -2.17. The zero-order valence-electron chi connectivity index (χ0n) is 25.0. The SMILES string of the molecule is CC(/C=C/c1sc2c3ccccc3ccc2[n+]1CCCS(=O)(=O)O)=C\C=C1/Oc2c(ccc3ccccc23)N1CCCS(=O)(=O)O.